The number of nitrogen functional groups attached to an aromatic ring is 1. The molecule has 17 heavy (non-hydrogen) atoms. The Bertz CT molecular complexity index is 500. The number of amides is 1. The molecule has 0 aliphatic carbocycles. The van der Waals surface area contributed by atoms with Crippen LogP contribution in [0.25, 0.3) is 0 Å². The molecular formula is C10H8ClN5O. The van der Waals surface area contributed by atoms with Crippen molar-refractivity contribution < 1.29 is 4.79 Å². The minimum Gasteiger partial charge on any atom is -0.397 e. The number of anilines is 1. The molecule has 0 radical (unpaired) electrons. The van der Waals surface area contributed by atoms with E-state index in [0.29, 0.717) is 0 Å². The third-order valence-corrected chi connectivity index (χ3v) is 2.20. The van der Waals surface area contributed by atoms with E-state index < -0.39 is 5.91 Å². The Morgan fingerprint density at radius 3 is 2.59 bits per heavy atom. The van der Waals surface area contributed by atoms with E-state index in [2.05, 4.69) is 4.98 Å². The van der Waals surface area contributed by atoms with Gasteiger partial charge in [0.15, 0.2) is 0 Å². The Labute approximate surface area is 103 Å². The van der Waals surface area contributed by atoms with Crippen LogP contribution in [0.15, 0.2) is 12.3 Å². The van der Waals surface area contributed by atoms with Gasteiger partial charge in [0.05, 0.1) is 29.6 Å². The second kappa shape index (κ2) is 5.69. The highest BCUT2D eigenvalue weighted by atomic mass is 35.5. The highest BCUT2D eigenvalue weighted by molar-refractivity contribution is 6.32. The zero-order chi connectivity index (χ0) is 12.8. The molecule has 0 aliphatic heterocycles. The summed E-state index contributed by atoms with van der Waals surface area (Å²) >= 11 is 5.76. The monoisotopic (exact) mass is 249 g/mol. The van der Waals surface area contributed by atoms with Crippen LogP contribution in [0, 0.1) is 22.7 Å². The summed E-state index contributed by atoms with van der Waals surface area (Å²) in [5.74, 6) is -0.544. The molecule has 1 aromatic rings. The summed E-state index contributed by atoms with van der Waals surface area (Å²) in [5.41, 5.74) is 5.86. The van der Waals surface area contributed by atoms with E-state index in [4.69, 9.17) is 27.9 Å². The van der Waals surface area contributed by atoms with Crippen molar-refractivity contribution in [2.45, 2.75) is 0 Å². The van der Waals surface area contributed by atoms with Gasteiger partial charge in [-0.05, 0) is 6.07 Å². The smallest absolute Gasteiger partial charge is 0.258 e. The van der Waals surface area contributed by atoms with Gasteiger partial charge in [0.2, 0.25) is 0 Å². The molecule has 1 heterocycles. The normalized spacial score (nSPS) is 9.12. The van der Waals surface area contributed by atoms with Gasteiger partial charge < -0.3 is 10.6 Å². The van der Waals surface area contributed by atoms with E-state index in [0.717, 1.165) is 4.90 Å². The van der Waals surface area contributed by atoms with E-state index in [-0.39, 0.29) is 29.5 Å². The quantitative estimate of drug-likeness (QED) is 0.630. The molecule has 0 saturated carbocycles. The Morgan fingerprint density at radius 1 is 1.47 bits per heavy atom. The molecule has 7 heteroatoms. The van der Waals surface area contributed by atoms with Crippen LogP contribution in [0.4, 0.5) is 5.69 Å². The van der Waals surface area contributed by atoms with Crippen molar-refractivity contribution in [1.29, 1.82) is 10.5 Å². The molecule has 0 saturated heterocycles. The fraction of sp³-hybridized carbons (Fsp3) is 0.200. The number of pyridine rings is 1. The first-order chi connectivity index (χ1) is 8.10. The van der Waals surface area contributed by atoms with Crippen LogP contribution < -0.4 is 5.73 Å². The molecule has 0 spiro atoms. The summed E-state index contributed by atoms with van der Waals surface area (Å²) in [7, 11) is 0. The van der Waals surface area contributed by atoms with Crippen molar-refractivity contribution in [2.75, 3.05) is 18.8 Å². The van der Waals surface area contributed by atoms with Gasteiger partial charge in [0, 0.05) is 0 Å². The lowest BCUT2D eigenvalue weighted by Crippen LogP contribution is -2.32. The molecule has 1 rings (SSSR count). The largest absolute Gasteiger partial charge is 0.397 e. The lowest BCUT2D eigenvalue weighted by Gasteiger charge is -2.16. The molecular weight excluding hydrogens is 242 g/mol. The molecule has 0 atom stereocenters. The molecule has 6 nitrogen and oxygen atoms in total. The van der Waals surface area contributed by atoms with E-state index in [1.54, 1.807) is 12.1 Å². The maximum Gasteiger partial charge on any atom is 0.258 e. The minimum atomic E-state index is -0.544. The average molecular weight is 250 g/mol. The van der Waals surface area contributed by atoms with Gasteiger partial charge >= 0.3 is 0 Å². The Morgan fingerprint density at radius 2 is 2.06 bits per heavy atom. The zero-order valence-electron chi connectivity index (χ0n) is 8.72. The van der Waals surface area contributed by atoms with Crippen LogP contribution in [0.3, 0.4) is 0 Å². The van der Waals surface area contributed by atoms with E-state index in [9.17, 15) is 4.79 Å². The van der Waals surface area contributed by atoms with Crippen molar-refractivity contribution in [1.82, 2.24) is 9.88 Å². The number of nitrogens with zero attached hydrogens (tertiary/aromatic N) is 4. The Hall–Kier alpha value is -2.31. The number of nitrogens with two attached hydrogens (primary N) is 1. The van der Waals surface area contributed by atoms with E-state index in [1.807, 2.05) is 0 Å². The van der Waals surface area contributed by atoms with E-state index in [1.165, 1.54) is 12.3 Å². The number of hydrogen-bond donors (Lipinski definition) is 1. The van der Waals surface area contributed by atoms with Gasteiger partial charge in [-0.3, -0.25) is 4.79 Å². The molecule has 0 unspecified atom stereocenters. The summed E-state index contributed by atoms with van der Waals surface area (Å²) in [6, 6.07) is 4.95. The lowest BCUT2D eigenvalue weighted by atomic mass is 10.2. The van der Waals surface area contributed by atoms with Crippen LogP contribution in [-0.4, -0.2) is 28.9 Å². The SMILES string of the molecule is N#CCN(CC#N)C(=O)c1cc(N)cnc1Cl. The zero-order valence-corrected chi connectivity index (χ0v) is 9.48. The molecule has 2 N–H and O–H groups in total. The molecule has 1 amide bonds. The van der Waals surface area contributed by atoms with Crippen molar-refractivity contribution in [3.8, 4) is 12.1 Å². The van der Waals surface area contributed by atoms with Crippen LogP contribution >= 0.6 is 11.6 Å². The first-order valence-electron chi connectivity index (χ1n) is 4.54. The van der Waals surface area contributed by atoms with Gasteiger partial charge in [-0.2, -0.15) is 10.5 Å². The Kier molecular flexibility index (Phi) is 4.27. The fourth-order valence-electron chi connectivity index (χ4n) is 1.15. The second-order valence-corrected chi connectivity index (χ2v) is 3.44. The lowest BCUT2D eigenvalue weighted by molar-refractivity contribution is 0.0794. The maximum atomic E-state index is 11.9. The summed E-state index contributed by atoms with van der Waals surface area (Å²) in [6.07, 6.45) is 1.32. The highest BCUT2D eigenvalue weighted by Gasteiger charge is 2.19. The fourth-order valence-corrected chi connectivity index (χ4v) is 1.34. The van der Waals surface area contributed by atoms with Gasteiger partial charge in [-0.1, -0.05) is 11.6 Å². The number of hydrogen-bond acceptors (Lipinski definition) is 5. The summed E-state index contributed by atoms with van der Waals surface area (Å²) in [6.45, 7) is -0.394. The number of carbonyl (C=O) groups is 1. The Balaban J connectivity index is 3.06. The van der Waals surface area contributed by atoms with Gasteiger partial charge in [0.25, 0.3) is 5.91 Å². The predicted molar refractivity (Wildman–Crippen MR) is 60.8 cm³/mol. The number of halogens is 1. The van der Waals surface area contributed by atoms with Gasteiger partial charge in [-0.25, -0.2) is 4.98 Å². The maximum absolute atomic E-state index is 11.9. The van der Waals surface area contributed by atoms with Crippen molar-refractivity contribution in [2.24, 2.45) is 0 Å². The summed E-state index contributed by atoms with van der Waals surface area (Å²) < 4.78 is 0. The topological polar surface area (TPSA) is 107 Å². The summed E-state index contributed by atoms with van der Waals surface area (Å²) in [5, 5.41) is 17.1. The molecule has 1 aromatic heterocycles. The van der Waals surface area contributed by atoms with Crippen LogP contribution in [0.1, 0.15) is 10.4 Å². The van der Waals surface area contributed by atoms with E-state index >= 15 is 0 Å². The number of nitriles is 2. The van der Waals surface area contributed by atoms with Crippen LogP contribution in [0.2, 0.25) is 5.15 Å². The molecule has 0 aliphatic rings. The standard InChI is InChI=1S/C10H8ClN5O/c11-9-8(5-7(14)6-15-9)10(17)16(3-1-12)4-2-13/h5-6H,3-4,14H2. The third-order valence-electron chi connectivity index (χ3n) is 1.90. The number of carbonyl (C=O) groups excluding carboxylic acids is 1. The van der Waals surface area contributed by atoms with Gasteiger partial charge in [0.1, 0.15) is 18.2 Å². The van der Waals surface area contributed by atoms with Crippen molar-refractivity contribution in [3.05, 3.63) is 23.0 Å². The molecule has 0 aromatic carbocycles. The van der Waals surface area contributed by atoms with Crippen LogP contribution in [0.5, 0.6) is 0 Å². The predicted octanol–water partition coefficient (Wildman–Crippen LogP) is 0.807. The summed E-state index contributed by atoms with van der Waals surface area (Å²) in [4.78, 5) is 16.7. The third kappa shape index (κ3) is 3.07. The average Bonchev–Trinajstić information content (AvgIpc) is 2.31. The first kappa shape index (κ1) is 12.8. The molecule has 0 bridgehead atoms. The van der Waals surface area contributed by atoms with Gasteiger partial charge in [-0.15, -0.1) is 0 Å². The molecule has 86 valence electrons. The first-order valence-corrected chi connectivity index (χ1v) is 4.92. The van der Waals surface area contributed by atoms with Crippen molar-refractivity contribution in [3.63, 3.8) is 0 Å². The van der Waals surface area contributed by atoms with Crippen molar-refractivity contribution >= 4 is 23.2 Å². The second-order valence-electron chi connectivity index (χ2n) is 3.08. The highest BCUT2D eigenvalue weighted by Crippen LogP contribution is 2.17. The minimum absolute atomic E-state index is 0.00919. The van der Waals surface area contributed by atoms with Crippen LogP contribution in [-0.2, 0) is 0 Å². The number of aromatic nitrogens is 1. The number of rotatable bonds is 3. The molecule has 0 fully saturated rings.